The molecule has 2 amide bonds. The van der Waals surface area contributed by atoms with Gasteiger partial charge in [-0.25, -0.2) is 4.79 Å². The highest BCUT2D eigenvalue weighted by Gasteiger charge is 2.16. The number of carbonyl (C=O) groups is 3. The van der Waals surface area contributed by atoms with Crippen LogP contribution in [0.2, 0.25) is 0 Å². The zero-order valence-electron chi connectivity index (χ0n) is 15.6. The van der Waals surface area contributed by atoms with Gasteiger partial charge in [-0.2, -0.15) is 0 Å². The summed E-state index contributed by atoms with van der Waals surface area (Å²) in [7, 11) is 1.26. The second-order valence-electron chi connectivity index (χ2n) is 5.57. The highest BCUT2D eigenvalue weighted by Crippen LogP contribution is 2.17. The van der Waals surface area contributed by atoms with Crippen molar-refractivity contribution in [2.24, 2.45) is 0 Å². The summed E-state index contributed by atoms with van der Waals surface area (Å²) in [5, 5.41) is 5.29. The molecular weight excluding hydrogens is 360 g/mol. The highest BCUT2D eigenvalue weighted by atomic mass is 16.5. The van der Waals surface area contributed by atoms with Gasteiger partial charge in [0.15, 0.2) is 0 Å². The van der Waals surface area contributed by atoms with E-state index in [1.54, 1.807) is 42.5 Å². The molecule has 0 bridgehead atoms. The maximum Gasteiger partial charge on any atom is 0.338 e. The van der Waals surface area contributed by atoms with Crippen molar-refractivity contribution in [1.82, 2.24) is 5.32 Å². The Morgan fingerprint density at radius 3 is 2.46 bits per heavy atom. The molecule has 2 N–H and O–H groups in total. The van der Waals surface area contributed by atoms with Crippen LogP contribution in [0.3, 0.4) is 0 Å². The summed E-state index contributed by atoms with van der Waals surface area (Å²) < 4.78 is 10.2. The molecule has 0 aromatic heterocycles. The zero-order valence-corrected chi connectivity index (χ0v) is 15.6. The first-order chi connectivity index (χ1) is 13.5. The smallest absolute Gasteiger partial charge is 0.338 e. The van der Waals surface area contributed by atoms with Crippen LogP contribution in [0.4, 0.5) is 5.69 Å². The summed E-state index contributed by atoms with van der Waals surface area (Å²) in [5.41, 5.74) is 1.05. The van der Waals surface area contributed by atoms with E-state index in [0.29, 0.717) is 11.4 Å². The lowest BCUT2D eigenvalue weighted by Gasteiger charge is -2.07. The number of methoxy groups -OCH3 is 1. The van der Waals surface area contributed by atoms with Crippen LogP contribution in [-0.2, 0) is 9.53 Å². The fourth-order valence-corrected chi connectivity index (χ4v) is 2.29. The monoisotopic (exact) mass is 380 g/mol. The lowest BCUT2D eigenvalue weighted by molar-refractivity contribution is -0.114. The molecule has 0 heterocycles. The van der Waals surface area contributed by atoms with E-state index in [9.17, 15) is 14.4 Å². The number of anilines is 1. The first kappa shape index (κ1) is 20.5. The van der Waals surface area contributed by atoms with Crippen LogP contribution in [0, 0.1) is 11.8 Å². The molecule has 0 aliphatic heterocycles. The van der Waals surface area contributed by atoms with Crippen LogP contribution in [0.5, 0.6) is 5.75 Å². The van der Waals surface area contributed by atoms with E-state index in [0.717, 1.165) is 0 Å². The van der Waals surface area contributed by atoms with Gasteiger partial charge >= 0.3 is 5.97 Å². The van der Waals surface area contributed by atoms with Gasteiger partial charge in [-0.1, -0.05) is 30.0 Å². The van der Waals surface area contributed by atoms with Crippen molar-refractivity contribution < 1.29 is 23.9 Å². The number of ether oxygens (including phenoxy) is 2. The second-order valence-corrected chi connectivity index (χ2v) is 5.57. The number of rotatable bonds is 6. The molecule has 0 fully saturated rings. The lowest BCUT2D eigenvalue weighted by atomic mass is 10.1. The summed E-state index contributed by atoms with van der Waals surface area (Å²) in [4.78, 5) is 35.0. The van der Waals surface area contributed by atoms with Crippen molar-refractivity contribution >= 4 is 23.5 Å². The average molecular weight is 380 g/mol. The van der Waals surface area contributed by atoms with E-state index >= 15 is 0 Å². The number of hydrogen-bond acceptors (Lipinski definition) is 5. The van der Waals surface area contributed by atoms with Gasteiger partial charge in [-0.05, 0) is 24.3 Å². The van der Waals surface area contributed by atoms with E-state index in [4.69, 9.17) is 4.74 Å². The van der Waals surface area contributed by atoms with Crippen LogP contribution in [0.1, 0.15) is 27.6 Å². The SMILES string of the molecule is COC(=O)c1ccccc1C(=O)NCC#CCOc1cccc(NC(C)=O)c1. The summed E-state index contributed by atoms with van der Waals surface area (Å²) in [6.45, 7) is 1.65. The summed E-state index contributed by atoms with van der Waals surface area (Å²) in [5.74, 6) is 4.96. The van der Waals surface area contributed by atoms with Gasteiger partial charge in [0, 0.05) is 18.7 Å². The molecule has 0 spiro atoms. The Labute approximate surface area is 163 Å². The minimum atomic E-state index is -0.577. The molecule has 0 unspecified atom stereocenters. The Bertz CT molecular complexity index is 928. The van der Waals surface area contributed by atoms with E-state index in [1.165, 1.54) is 20.1 Å². The number of benzene rings is 2. The number of esters is 1. The van der Waals surface area contributed by atoms with E-state index in [-0.39, 0.29) is 30.2 Å². The molecule has 2 aromatic carbocycles. The van der Waals surface area contributed by atoms with E-state index in [2.05, 4.69) is 27.2 Å². The minimum absolute atomic E-state index is 0.101. The van der Waals surface area contributed by atoms with Crippen LogP contribution < -0.4 is 15.4 Å². The van der Waals surface area contributed by atoms with Crippen molar-refractivity contribution in [1.29, 1.82) is 0 Å². The molecule has 0 saturated carbocycles. The van der Waals surface area contributed by atoms with Gasteiger partial charge in [-0.3, -0.25) is 9.59 Å². The van der Waals surface area contributed by atoms with Crippen LogP contribution in [-0.4, -0.2) is 38.0 Å². The standard InChI is InChI=1S/C21H20N2O5/c1-15(24)23-16-8-7-9-17(14-16)28-13-6-5-12-22-20(25)18-10-3-4-11-19(18)21(26)27-2/h3-4,7-11,14H,12-13H2,1-2H3,(H,22,25)(H,23,24). The predicted octanol–water partition coefficient (Wildman–Crippen LogP) is 2.24. The molecule has 28 heavy (non-hydrogen) atoms. The fourth-order valence-electron chi connectivity index (χ4n) is 2.29. The molecule has 0 aliphatic carbocycles. The van der Waals surface area contributed by atoms with E-state index < -0.39 is 11.9 Å². The van der Waals surface area contributed by atoms with Gasteiger partial charge in [0.25, 0.3) is 5.91 Å². The Kier molecular flexibility index (Phi) is 7.61. The Morgan fingerprint density at radius 1 is 1.00 bits per heavy atom. The van der Waals surface area contributed by atoms with Crippen molar-refractivity contribution in [2.45, 2.75) is 6.92 Å². The first-order valence-corrected chi connectivity index (χ1v) is 8.43. The maximum absolute atomic E-state index is 12.2. The largest absolute Gasteiger partial charge is 0.481 e. The fraction of sp³-hybridized carbons (Fsp3) is 0.190. The van der Waals surface area contributed by atoms with Gasteiger partial charge in [0.2, 0.25) is 5.91 Å². The molecular formula is C21H20N2O5. The van der Waals surface area contributed by atoms with Crippen molar-refractivity contribution in [3.63, 3.8) is 0 Å². The van der Waals surface area contributed by atoms with E-state index in [1.807, 2.05) is 0 Å². The van der Waals surface area contributed by atoms with Crippen LogP contribution in [0.25, 0.3) is 0 Å². The molecule has 0 saturated heterocycles. The van der Waals surface area contributed by atoms with Crippen LogP contribution >= 0.6 is 0 Å². The van der Waals surface area contributed by atoms with Crippen LogP contribution in [0.15, 0.2) is 48.5 Å². The Balaban J connectivity index is 1.84. The van der Waals surface area contributed by atoms with Gasteiger partial charge < -0.3 is 20.1 Å². The lowest BCUT2D eigenvalue weighted by Crippen LogP contribution is -2.25. The molecule has 0 aliphatic rings. The van der Waals surface area contributed by atoms with Crippen molar-refractivity contribution in [3.05, 3.63) is 59.7 Å². The molecule has 7 heteroatoms. The molecule has 2 aromatic rings. The van der Waals surface area contributed by atoms with Gasteiger partial charge in [0.05, 0.1) is 24.8 Å². The Hall–Kier alpha value is -3.79. The molecule has 0 atom stereocenters. The summed E-state index contributed by atoms with van der Waals surface area (Å²) in [6.07, 6.45) is 0. The molecule has 2 rings (SSSR count). The first-order valence-electron chi connectivity index (χ1n) is 8.43. The normalized spacial score (nSPS) is 9.50. The zero-order chi connectivity index (χ0) is 20.4. The summed E-state index contributed by atoms with van der Waals surface area (Å²) in [6, 6.07) is 13.3. The molecule has 144 valence electrons. The number of amides is 2. The minimum Gasteiger partial charge on any atom is -0.481 e. The third-order valence-corrected chi connectivity index (χ3v) is 3.50. The average Bonchev–Trinajstić information content (AvgIpc) is 2.69. The number of hydrogen-bond donors (Lipinski definition) is 2. The second kappa shape index (κ2) is 10.4. The van der Waals surface area contributed by atoms with Crippen molar-refractivity contribution in [3.8, 4) is 17.6 Å². The number of nitrogens with one attached hydrogen (secondary N) is 2. The van der Waals surface area contributed by atoms with Gasteiger partial charge in [0.1, 0.15) is 12.4 Å². The third-order valence-electron chi connectivity index (χ3n) is 3.50. The predicted molar refractivity (Wildman–Crippen MR) is 104 cm³/mol. The Morgan fingerprint density at radius 2 is 1.75 bits per heavy atom. The summed E-state index contributed by atoms with van der Waals surface area (Å²) >= 11 is 0. The van der Waals surface area contributed by atoms with Crippen molar-refractivity contribution in [2.75, 3.05) is 25.6 Å². The highest BCUT2D eigenvalue weighted by molar-refractivity contribution is 6.05. The third kappa shape index (κ3) is 6.18. The number of carbonyl (C=O) groups excluding carboxylic acids is 3. The van der Waals surface area contributed by atoms with Gasteiger partial charge in [-0.15, -0.1) is 0 Å². The topological polar surface area (TPSA) is 93.7 Å². The maximum atomic E-state index is 12.2. The quantitative estimate of drug-likeness (QED) is 0.592. The molecule has 7 nitrogen and oxygen atoms in total. The molecule has 0 radical (unpaired) electrons.